The van der Waals surface area contributed by atoms with Gasteiger partial charge in [0.1, 0.15) is 5.72 Å². The van der Waals surface area contributed by atoms with Crippen molar-refractivity contribution in [2.45, 2.75) is 51.5 Å². The number of nitrogens with one attached hydrogen (secondary N) is 1. The highest BCUT2D eigenvalue weighted by atomic mass is 16.6. The maximum Gasteiger partial charge on any atom is 0.413 e. The molecular weight excluding hydrogens is 236 g/mol. The van der Waals surface area contributed by atoms with Crippen LogP contribution in [0.15, 0.2) is 0 Å². The summed E-state index contributed by atoms with van der Waals surface area (Å²) in [7, 11) is 0. The van der Waals surface area contributed by atoms with Gasteiger partial charge in [-0.2, -0.15) is 0 Å². The molecule has 102 valence electrons. The van der Waals surface area contributed by atoms with Gasteiger partial charge in [-0.05, 0) is 27.7 Å². The summed E-state index contributed by atoms with van der Waals surface area (Å²) in [5.41, 5.74) is -1.15. The summed E-state index contributed by atoms with van der Waals surface area (Å²) in [5, 5.41) is 2.64. The molecule has 1 N–H and O–H groups in total. The molecule has 2 fully saturated rings. The fourth-order valence-corrected chi connectivity index (χ4v) is 2.54. The molecule has 0 aromatic rings. The van der Waals surface area contributed by atoms with Crippen molar-refractivity contribution >= 4 is 12.0 Å². The van der Waals surface area contributed by atoms with Gasteiger partial charge in [0.05, 0.1) is 12.1 Å². The normalized spacial score (nSPS) is 29.2. The molecule has 0 saturated carbocycles. The van der Waals surface area contributed by atoms with Crippen LogP contribution in [-0.2, 0) is 14.3 Å². The van der Waals surface area contributed by atoms with E-state index in [-0.39, 0.29) is 5.91 Å². The predicted molar refractivity (Wildman–Crippen MR) is 63.8 cm³/mol. The third-order valence-corrected chi connectivity index (χ3v) is 3.35. The van der Waals surface area contributed by atoms with Gasteiger partial charge < -0.3 is 14.8 Å². The van der Waals surface area contributed by atoms with Gasteiger partial charge in [-0.1, -0.05) is 0 Å². The second kappa shape index (κ2) is 4.12. The molecule has 6 heteroatoms. The first-order chi connectivity index (χ1) is 8.24. The monoisotopic (exact) mass is 256 g/mol. The van der Waals surface area contributed by atoms with E-state index in [9.17, 15) is 9.59 Å². The number of hydrogen-bond acceptors (Lipinski definition) is 4. The van der Waals surface area contributed by atoms with Crippen molar-refractivity contribution in [3.63, 3.8) is 0 Å². The highest BCUT2D eigenvalue weighted by Crippen LogP contribution is 2.35. The molecule has 2 amide bonds. The van der Waals surface area contributed by atoms with Crippen LogP contribution in [0.3, 0.4) is 0 Å². The molecule has 0 unspecified atom stereocenters. The summed E-state index contributed by atoms with van der Waals surface area (Å²) >= 11 is 0. The minimum atomic E-state index is -0.713. The Labute approximate surface area is 107 Å². The molecule has 0 aromatic heterocycles. The van der Waals surface area contributed by atoms with Gasteiger partial charge in [0, 0.05) is 13.0 Å². The zero-order valence-electron chi connectivity index (χ0n) is 11.3. The van der Waals surface area contributed by atoms with Crippen LogP contribution in [-0.4, -0.2) is 47.4 Å². The van der Waals surface area contributed by atoms with Crippen molar-refractivity contribution in [3.8, 4) is 0 Å². The molecule has 2 aliphatic heterocycles. The van der Waals surface area contributed by atoms with Crippen LogP contribution in [0.2, 0.25) is 0 Å². The van der Waals surface area contributed by atoms with E-state index < -0.39 is 23.5 Å². The fraction of sp³-hybridized carbons (Fsp3) is 0.833. The molecule has 2 aliphatic rings. The van der Waals surface area contributed by atoms with Crippen molar-refractivity contribution in [3.05, 3.63) is 0 Å². The van der Waals surface area contributed by atoms with Crippen LogP contribution < -0.4 is 5.32 Å². The zero-order chi connectivity index (χ0) is 13.6. The minimum Gasteiger partial charge on any atom is -0.436 e. The third kappa shape index (κ3) is 2.16. The highest BCUT2D eigenvalue weighted by Gasteiger charge is 2.50. The Bertz CT molecular complexity index is 362. The van der Waals surface area contributed by atoms with Gasteiger partial charge in [0.2, 0.25) is 0 Å². The quantitative estimate of drug-likeness (QED) is 0.755. The number of carbonyl (C=O) groups is 2. The third-order valence-electron chi connectivity index (χ3n) is 3.35. The number of ether oxygens (including phenoxy) is 2. The lowest BCUT2D eigenvalue weighted by molar-refractivity contribution is -0.128. The van der Waals surface area contributed by atoms with Gasteiger partial charge in [-0.3, -0.25) is 9.69 Å². The van der Waals surface area contributed by atoms with Crippen molar-refractivity contribution in [2.24, 2.45) is 0 Å². The van der Waals surface area contributed by atoms with E-state index in [2.05, 4.69) is 5.32 Å². The van der Waals surface area contributed by atoms with Gasteiger partial charge in [0.15, 0.2) is 6.10 Å². The summed E-state index contributed by atoms with van der Waals surface area (Å²) in [6, 6.07) is 0. The van der Waals surface area contributed by atoms with E-state index in [0.717, 1.165) is 0 Å². The minimum absolute atomic E-state index is 0.223. The Morgan fingerprint density at radius 1 is 1.44 bits per heavy atom. The van der Waals surface area contributed by atoms with Crippen LogP contribution in [0, 0.1) is 0 Å². The molecule has 6 nitrogen and oxygen atoms in total. The summed E-state index contributed by atoms with van der Waals surface area (Å²) < 4.78 is 10.9. The fourth-order valence-electron chi connectivity index (χ4n) is 2.54. The Balaban J connectivity index is 2.10. The second-order valence-corrected chi connectivity index (χ2v) is 5.84. The number of nitrogens with zero attached hydrogens (tertiary/aromatic N) is 1. The highest BCUT2D eigenvalue weighted by molar-refractivity contribution is 5.85. The molecule has 1 atom stereocenters. The first kappa shape index (κ1) is 13.1. The number of hydrogen-bond donors (Lipinski definition) is 1. The first-order valence-corrected chi connectivity index (χ1v) is 6.17. The molecule has 0 bridgehead atoms. The predicted octanol–water partition coefficient (Wildman–Crippen LogP) is 0.858. The van der Waals surface area contributed by atoms with Crippen LogP contribution >= 0.6 is 0 Å². The number of amides is 2. The van der Waals surface area contributed by atoms with Crippen molar-refractivity contribution in [1.82, 2.24) is 10.2 Å². The summed E-state index contributed by atoms with van der Waals surface area (Å²) in [6.07, 6.45) is -0.644. The largest absolute Gasteiger partial charge is 0.436 e. The molecule has 2 saturated heterocycles. The number of rotatable bonds is 1. The van der Waals surface area contributed by atoms with Gasteiger partial charge in [-0.15, -0.1) is 0 Å². The average molecular weight is 256 g/mol. The van der Waals surface area contributed by atoms with Gasteiger partial charge in [0.25, 0.3) is 5.91 Å². The van der Waals surface area contributed by atoms with Crippen molar-refractivity contribution < 1.29 is 19.1 Å². The Morgan fingerprint density at radius 3 is 2.56 bits per heavy atom. The smallest absolute Gasteiger partial charge is 0.413 e. The lowest BCUT2D eigenvalue weighted by Crippen LogP contribution is -2.53. The Kier molecular flexibility index (Phi) is 3.01. The molecular formula is C12H20N2O4. The van der Waals surface area contributed by atoms with Crippen molar-refractivity contribution in [2.75, 3.05) is 13.2 Å². The molecule has 2 heterocycles. The van der Waals surface area contributed by atoms with Crippen LogP contribution in [0.5, 0.6) is 0 Å². The SMILES string of the molecule is CC1(C)COC(C)(C)N1C(=O)O[C@@H]1CCNC1=O. The molecule has 2 rings (SSSR count). The zero-order valence-corrected chi connectivity index (χ0v) is 11.3. The van der Waals surface area contributed by atoms with Crippen molar-refractivity contribution in [1.29, 1.82) is 0 Å². The average Bonchev–Trinajstić information content (AvgIpc) is 2.69. The maximum absolute atomic E-state index is 12.2. The van der Waals surface area contributed by atoms with Gasteiger partial charge in [-0.25, -0.2) is 4.79 Å². The van der Waals surface area contributed by atoms with E-state index in [1.165, 1.54) is 0 Å². The van der Waals surface area contributed by atoms with Crippen LogP contribution in [0.25, 0.3) is 0 Å². The Morgan fingerprint density at radius 2 is 2.11 bits per heavy atom. The van der Waals surface area contributed by atoms with E-state index in [1.807, 2.05) is 27.7 Å². The maximum atomic E-state index is 12.2. The number of carbonyl (C=O) groups excluding carboxylic acids is 2. The van der Waals surface area contributed by atoms with E-state index in [1.54, 1.807) is 4.90 Å². The molecule has 0 aliphatic carbocycles. The molecule has 0 radical (unpaired) electrons. The van der Waals surface area contributed by atoms with Gasteiger partial charge >= 0.3 is 6.09 Å². The van der Waals surface area contributed by atoms with E-state index in [4.69, 9.17) is 9.47 Å². The topological polar surface area (TPSA) is 67.9 Å². The molecule has 0 spiro atoms. The van der Waals surface area contributed by atoms with Crippen LogP contribution in [0.4, 0.5) is 4.79 Å². The standard InChI is InChI=1S/C12H20N2O4/c1-11(2)7-17-12(3,4)14(11)10(16)18-8-5-6-13-9(8)15/h8H,5-7H2,1-4H3,(H,13,15)/t8-/m1/s1. The molecule has 18 heavy (non-hydrogen) atoms. The van der Waals surface area contributed by atoms with E-state index >= 15 is 0 Å². The van der Waals surface area contributed by atoms with E-state index in [0.29, 0.717) is 19.6 Å². The summed E-state index contributed by atoms with van der Waals surface area (Å²) in [4.78, 5) is 25.2. The Hall–Kier alpha value is -1.30. The van der Waals surface area contributed by atoms with Crippen LogP contribution in [0.1, 0.15) is 34.1 Å². The lowest BCUT2D eigenvalue weighted by Gasteiger charge is -2.37. The first-order valence-electron chi connectivity index (χ1n) is 6.17. The summed E-state index contributed by atoms with van der Waals surface area (Å²) in [5.74, 6) is -0.223. The summed E-state index contributed by atoms with van der Waals surface area (Å²) in [6.45, 7) is 8.47. The molecule has 0 aromatic carbocycles. The lowest BCUT2D eigenvalue weighted by atomic mass is 10.0. The second-order valence-electron chi connectivity index (χ2n) is 5.84.